The molecule has 0 bridgehead atoms. The normalized spacial score (nSPS) is 12.6. The Morgan fingerprint density at radius 2 is 0.542 bits per heavy atom. The fourth-order valence-corrected chi connectivity index (χ4v) is 19.6. The monoisotopic (exact) mass is 786 g/mol. The minimum Gasteiger partial charge on any atom is -0.458 e. The molecular formula is C54H39BO2Si2. The van der Waals surface area contributed by atoms with Gasteiger partial charge in [-0.05, 0) is 76.7 Å². The van der Waals surface area contributed by atoms with E-state index in [0.717, 1.165) is 39.4 Å². The summed E-state index contributed by atoms with van der Waals surface area (Å²) in [7, 11) is -5.67. The quantitative estimate of drug-likeness (QED) is 0.157. The van der Waals surface area contributed by atoms with Gasteiger partial charge in [0.05, 0.1) is 0 Å². The molecule has 0 N–H and O–H groups in total. The molecule has 0 saturated carbocycles. The summed E-state index contributed by atoms with van der Waals surface area (Å²) in [6, 6.07) is 87.2. The fraction of sp³-hybridized carbons (Fsp3) is 0. The van der Waals surface area contributed by atoms with Crippen LogP contribution in [0.5, 0.6) is 23.0 Å². The molecule has 0 aromatic heterocycles. The maximum atomic E-state index is 6.87. The Morgan fingerprint density at radius 1 is 0.254 bits per heavy atom. The van der Waals surface area contributed by atoms with Gasteiger partial charge in [0.15, 0.2) is 16.1 Å². The molecular weight excluding hydrogens is 748 g/mol. The average molecular weight is 787 g/mol. The zero-order valence-electron chi connectivity index (χ0n) is 32.4. The molecule has 278 valence electrons. The summed E-state index contributed by atoms with van der Waals surface area (Å²) in [4.78, 5) is 0. The lowest BCUT2D eigenvalue weighted by atomic mass is 9.35. The number of hydrogen-bond acceptors (Lipinski definition) is 2. The molecule has 9 aromatic rings. The van der Waals surface area contributed by atoms with Crippen LogP contribution in [0.25, 0.3) is 0 Å². The van der Waals surface area contributed by atoms with Gasteiger partial charge in [-0.3, -0.25) is 0 Å². The average Bonchev–Trinajstić information content (AvgIpc) is 3.32. The van der Waals surface area contributed by atoms with Gasteiger partial charge < -0.3 is 9.47 Å². The van der Waals surface area contributed by atoms with Crippen molar-refractivity contribution in [2.24, 2.45) is 0 Å². The number of fused-ring (bicyclic) bond motifs is 4. The van der Waals surface area contributed by atoms with Crippen LogP contribution in [0.1, 0.15) is 0 Å². The smallest absolute Gasteiger partial charge is 0.260 e. The van der Waals surface area contributed by atoms with Gasteiger partial charge in [0, 0.05) is 5.46 Å². The summed E-state index contributed by atoms with van der Waals surface area (Å²) in [5, 5.41) is 10.7. The summed E-state index contributed by atoms with van der Waals surface area (Å²) in [6.07, 6.45) is 0. The minimum atomic E-state index is -2.83. The van der Waals surface area contributed by atoms with E-state index in [9.17, 15) is 0 Å². The van der Waals surface area contributed by atoms with E-state index in [0.29, 0.717) is 0 Å². The molecule has 0 fully saturated rings. The Bertz CT molecular complexity index is 2540. The molecule has 59 heavy (non-hydrogen) atoms. The van der Waals surface area contributed by atoms with E-state index < -0.39 is 16.1 Å². The van der Waals surface area contributed by atoms with Crippen molar-refractivity contribution in [3.05, 3.63) is 237 Å². The third kappa shape index (κ3) is 5.54. The van der Waals surface area contributed by atoms with E-state index in [-0.39, 0.29) is 6.71 Å². The van der Waals surface area contributed by atoms with Gasteiger partial charge >= 0.3 is 0 Å². The number of hydrogen-bond donors (Lipinski definition) is 0. The van der Waals surface area contributed by atoms with E-state index in [4.69, 9.17) is 9.47 Å². The molecule has 9 aromatic carbocycles. The van der Waals surface area contributed by atoms with Gasteiger partial charge in [-0.2, -0.15) is 0 Å². The van der Waals surface area contributed by atoms with Gasteiger partial charge in [0.25, 0.3) is 6.71 Å². The molecule has 2 aliphatic rings. The van der Waals surface area contributed by atoms with Crippen molar-refractivity contribution >= 4 is 80.7 Å². The Labute approximate surface area is 348 Å². The van der Waals surface area contributed by atoms with Crippen LogP contribution in [0.3, 0.4) is 0 Å². The van der Waals surface area contributed by atoms with E-state index in [1.165, 1.54) is 41.5 Å². The Kier molecular flexibility index (Phi) is 8.65. The van der Waals surface area contributed by atoms with Crippen LogP contribution in [0.15, 0.2) is 237 Å². The topological polar surface area (TPSA) is 18.5 Å². The van der Waals surface area contributed by atoms with Crippen molar-refractivity contribution < 1.29 is 9.47 Å². The summed E-state index contributed by atoms with van der Waals surface area (Å²) >= 11 is 0. The highest BCUT2D eigenvalue weighted by molar-refractivity contribution is 7.21. The molecule has 0 aliphatic carbocycles. The highest BCUT2D eigenvalue weighted by Crippen LogP contribution is 2.34. The van der Waals surface area contributed by atoms with Crippen LogP contribution >= 0.6 is 0 Å². The predicted molar refractivity (Wildman–Crippen MR) is 251 cm³/mol. The van der Waals surface area contributed by atoms with Crippen LogP contribution in [0, 0.1) is 0 Å². The Morgan fingerprint density at radius 3 is 0.831 bits per heavy atom. The van der Waals surface area contributed by atoms with Gasteiger partial charge in [-0.1, -0.05) is 212 Å². The van der Waals surface area contributed by atoms with E-state index in [2.05, 4.69) is 231 Å². The molecule has 0 amide bonds. The summed E-state index contributed by atoms with van der Waals surface area (Å²) in [5.74, 6) is 3.46. The number of ether oxygens (including phenoxy) is 2. The maximum absolute atomic E-state index is 6.87. The van der Waals surface area contributed by atoms with Crippen LogP contribution < -0.4 is 67.4 Å². The largest absolute Gasteiger partial charge is 0.458 e. The minimum absolute atomic E-state index is 0.114. The Hall–Kier alpha value is -6.92. The molecule has 0 saturated heterocycles. The fourth-order valence-electron chi connectivity index (χ4n) is 10.0. The molecule has 0 radical (unpaired) electrons. The Balaban J connectivity index is 1.19. The second kappa shape index (κ2) is 14.5. The third-order valence-electron chi connectivity index (χ3n) is 12.5. The molecule has 2 heterocycles. The molecule has 5 heteroatoms. The molecule has 0 spiro atoms. The zero-order chi connectivity index (χ0) is 39.2. The third-order valence-corrected chi connectivity index (χ3v) is 22.1. The van der Waals surface area contributed by atoms with Crippen molar-refractivity contribution in [3.63, 3.8) is 0 Å². The lowest BCUT2D eigenvalue weighted by Gasteiger charge is -2.38. The molecule has 2 nitrogen and oxygen atoms in total. The van der Waals surface area contributed by atoms with Crippen molar-refractivity contribution in [3.8, 4) is 23.0 Å². The second-order valence-electron chi connectivity index (χ2n) is 15.5. The first-order valence-corrected chi connectivity index (χ1v) is 24.4. The lowest BCUT2D eigenvalue weighted by molar-refractivity contribution is 0.464. The van der Waals surface area contributed by atoms with Gasteiger partial charge in [0.1, 0.15) is 23.0 Å². The van der Waals surface area contributed by atoms with Crippen molar-refractivity contribution in [2.45, 2.75) is 0 Å². The highest BCUT2D eigenvalue weighted by Gasteiger charge is 2.47. The van der Waals surface area contributed by atoms with Crippen molar-refractivity contribution in [2.75, 3.05) is 0 Å². The molecule has 0 atom stereocenters. The highest BCUT2D eigenvalue weighted by atomic mass is 28.3. The van der Waals surface area contributed by atoms with Gasteiger partial charge in [-0.15, -0.1) is 0 Å². The number of rotatable bonds is 8. The van der Waals surface area contributed by atoms with E-state index in [1.54, 1.807) is 0 Å². The first-order chi connectivity index (χ1) is 29.3. The standard InChI is InChI=1S/C54H39BO2Si2/c1-7-20-40(21-8-1)58(41-22-9-2-10-23-41,42-24-11-3-12-25-42)46-34-36-50-48(38-46)55-49-39-47(35-37-51(49)57-53-33-19-32-52(56-50)54(53)55)59(43-26-13-4-14-27-43,44-28-15-5-16-29-44)45-30-17-6-18-31-45/h1-39H. The van der Waals surface area contributed by atoms with Crippen LogP contribution in [0.4, 0.5) is 0 Å². The molecule has 2 aliphatic heterocycles. The lowest BCUT2D eigenvalue weighted by Crippen LogP contribution is -2.76. The first kappa shape index (κ1) is 35.3. The van der Waals surface area contributed by atoms with E-state index in [1.807, 2.05) is 6.07 Å². The SMILES string of the molecule is c1ccc([Si](c2ccccc2)(c2ccccc2)c2ccc3c(c2)B2c4cc([Si](c5ccccc5)(c5ccccc5)c5ccccc5)ccc4Oc4cccc(c42)O3)cc1. The zero-order valence-corrected chi connectivity index (χ0v) is 34.4. The van der Waals surface area contributed by atoms with Gasteiger partial charge in [-0.25, -0.2) is 0 Å². The number of benzene rings is 9. The van der Waals surface area contributed by atoms with Crippen LogP contribution in [0.2, 0.25) is 0 Å². The van der Waals surface area contributed by atoms with Gasteiger partial charge in [0.2, 0.25) is 0 Å². The molecule has 0 unspecified atom stereocenters. The summed E-state index contributed by atoms with van der Waals surface area (Å²) in [5.41, 5.74) is 3.41. The van der Waals surface area contributed by atoms with Crippen molar-refractivity contribution in [1.82, 2.24) is 0 Å². The first-order valence-electron chi connectivity index (χ1n) is 20.4. The van der Waals surface area contributed by atoms with Crippen LogP contribution in [-0.2, 0) is 0 Å². The van der Waals surface area contributed by atoms with Crippen LogP contribution in [-0.4, -0.2) is 22.9 Å². The summed E-state index contributed by atoms with van der Waals surface area (Å²) in [6.45, 7) is -0.114. The predicted octanol–water partition coefficient (Wildman–Crippen LogP) is 5.17. The maximum Gasteiger partial charge on any atom is 0.260 e. The molecule has 11 rings (SSSR count). The summed E-state index contributed by atoms with van der Waals surface area (Å²) < 4.78 is 13.7. The van der Waals surface area contributed by atoms with Crippen molar-refractivity contribution in [1.29, 1.82) is 0 Å². The second-order valence-corrected chi connectivity index (χ2v) is 23.1. The van der Waals surface area contributed by atoms with E-state index >= 15 is 0 Å².